The van der Waals surface area contributed by atoms with Gasteiger partial charge in [0.25, 0.3) is 0 Å². The molecule has 0 aromatic heterocycles. The van der Waals surface area contributed by atoms with Crippen molar-refractivity contribution in [2.75, 3.05) is 18.8 Å². The van der Waals surface area contributed by atoms with Gasteiger partial charge in [0.1, 0.15) is 4.32 Å². The number of thioether (sulfide) groups is 1. The maximum atomic E-state index is 11.9. The van der Waals surface area contributed by atoms with Crippen molar-refractivity contribution in [1.29, 1.82) is 0 Å². The minimum Gasteiger partial charge on any atom is -0.358 e. The number of nitrogens with zero attached hydrogens (tertiary/aromatic N) is 1. The molecule has 1 amide bonds. The second-order valence-electron chi connectivity index (χ2n) is 5.50. The van der Waals surface area contributed by atoms with Crippen molar-refractivity contribution in [2.24, 2.45) is 0 Å². The highest BCUT2D eigenvalue weighted by Gasteiger charge is 2.18. The first kappa shape index (κ1) is 15.1. The van der Waals surface area contributed by atoms with Crippen molar-refractivity contribution in [3.05, 3.63) is 0 Å². The van der Waals surface area contributed by atoms with Gasteiger partial charge in [-0.1, -0.05) is 49.7 Å². The minimum absolute atomic E-state index is 0.151. The summed E-state index contributed by atoms with van der Waals surface area (Å²) in [6.07, 6.45) is 9.90. The monoisotopic (exact) mass is 300 g/mol. The number of likely N-dealkylation sites (tertiary alicyclic amines) is 1. The quantitative estimate of drug-likeness (QED) is 0.641. The first-order chi connectivity index (χ1) is 9.25. The van der Waals surface area contributed by atoms with Gasteiger partial charge in [-0.2, -0.15) is 0 Å². The van der Waals surface area contributed by atoms with Crippen LogP contribution in [-0.4, -0.2) is 40.0 Å². The first-order valence-corrected chi connectivity index (χ1v) is 8.86. The van der Waals surface area contributed by atoms with Crippen molar-refractivity contribution in [2.45, 2.75) is 57.4 Å². The number of nitrogens with one attached hydrogen (secondary N) is 1. The second kappa shape index (κ2) is 8.10. The third-order valence-corrected chi connectivity index (χ3v) is 5.43. The molecule has 1 saturated carbocycles. The van der Waals surface area contributed by atoms with Gasteiger partial charge in [0, 0.05) is 19.1 Å². The van der Waals surface area contributed by atoms with Crippen molar-refractivity contribution < 1.29 is 4.79 Å². The standard InChI is InChI=1S/C14H24N2OS2/c17-13(15-12-7-3-1-2-4-8-12)11-19-14(18)16-9-5-6-10-16/h12H,1-11H2,(H,15,17). The molecule has 1 aliphatic carbocycles. The van der Waals surface area contributed by atoms with E-state index in [1.165, 1.54) is 50.3 Å². The number of thiocarbonyl (C=S) groups is 1. The van der Waals surface area contributed by atoms with Crippen LogP contribution in [0.4, 0.5) is 0 Å². The third-order valence-electron chi connectivity index (χ3n) is 3.91. The summed E-state index contributed by atoms with van der Waals surface area (Å²) in [5.41, 5.74) is 0. The zero-order chi connectivity index (χ0) is 13.5. The van der Waals surface area contributed by atoms with Crippen LogP contribution in [-0.2, 0) is 4.79 Å². The molecule has 0 bridgehead atoms. The molecule has 2 fully saturated rings. The molecule has 0 unspecified atom stereocenters. The van der Waals surface area contributed by atoms with E-state index in [2.05, 4.69) is 10.2 Å². The van der Waals surface area contributed by atoms with Gasteiger partial charge in [-0.15, -0.1) is 0 Å². The van der Waals surface area contributed by atoms with Crippen LogP contribution in [0.1, 0.15) is 51.4 Å². The smallest absolute Gasteiger partial charge is 0.230 e. The lowest BCUT2D eigenvalue weighted by molar-refractivity contribution is -0.119. The summed E-state index contributed by atoms with van der Waals surface area (Å²) in [6.45, 7) is 2.13. The largest absolute Gasteiger partial charge is 0.358 e. The highest BCUT2D eigenvalue weighted by atomic mass is 32.2. The maximum absolute atomic E-state index is 11.9. The lowest BCUT2D eigenvalue weighted by atomic mass is 10.1. The van der Waals surface area contributed by atoms with E-state index in [-0.39, 0.29) is 5.91 Å². The van der Waals surface area contributed by atoms with E-state index in [1.54, 1.807) is 0 Å². The van der Waals surface area contributed by atoms with Gasteiger partial charge >= 0.3 is 0 Å². The zero-order valence-corrected chi connectivity index (χ0v) is 13.2. The minimum atomic E-state index is 0.151. The van der Waals surface area contributed by atoms with E-state index in [9.17, 15) is 4.79 Å². The summed E-state index contributed by atoms with van der Waals surface area (Å²) >= 11 is 6.89. The molecule has 1 aliphatic heterocycles. The zero-order valence-electron chi connectivity index (χ0n) is 11.5. The number of rotatable bonds is 3. The average Bonchev–Trinajstić information content (AvgIpc) is 2.82. The fourth-order valence-corrected chi connectivity index (χ4v) is 3.87. The van der Waals surface area contributed by atoms with Crippen LogP contribution < -0.4 is 5.32 Å². The van der Waals surface area contributed by atoms with Gasteiger partial charge in [-0.25, -0.2) is 0 Å². The molecule has 1 heterocycles. The van der Waals surface area contributed by atoms with E-state index in [4.69, 9.17) is 12.2 Å². The summed E-state index contributed by atoms with van der Waals surface area (Å²) in [4.78, 5) is 14.2. The molecule has 5 heteroatoms. The Morgan fingerprint density at radius 3 is 2.37 bits per heavy atom. The Kier molecular flexibility index (Phi) is 6.44. The fraction of sp³-hybridized carbons (Fsp3) is 0.857. The van der Waals surface area contributed by atoms with E-state index in [1.807, 2.05) is 0 Å². The van der Waals surface area contributed by atoms with Crippen LogP contribution in [0.25, 0.3) is 0 Å². The number of amides is 1. The molecule has 2 aliphatic rings. The molecular weight excluding hydrogens is 276 g/mol. The molecule has 3 nitrogen and oxygen atoms in total. The van der Waals surface area contributed by atoms with Gasteiger partial charge < -0.3 is 10.2 Å². The molecule has 0 aromatic rings. The van der Waals surface area contributed by atoms with Gasteiger partial charge in [0.05, 0.1) is 5.75 Å². The topological polar surface area (TPSA) is 32.3 Å². The van der Waals surface area contributed by atoms with Crippen LogP contribution in [0.15, 0.2) is 0 Å². The fourth-order valence-electron chi connectivity index (χ4n) is 2.81. The van der Waals surface area contributed by atoms with E-state index in [0.717, 1.165) is 30.3 Å². The van der Waals surface area contributed by atoms with Crippen molar-refractivity contribution in [1.82, 2.24) is 10.2 Å². The highest BCUT2D eigenvalue weighted by molar-refractivity contribution is 8.23. The van der Waals surface area contributed by atoms with E-state index < -0.39 is 0 Å². The molecular formula is C14H24N2OS2. The van der Waals surface area contributed by atoms with Crippen LogP contribution >= 0.6 is 24.0 Å². The summed E-state index contributed by atoms with van der Waals surface area (Å²) in [6, 6.07) is 0.399. The molecule has 19 heavy (non-hydrogen) atoms. The molecule has 0 spiro atoms. The lowest BCUT2D eigenvalue weighted by Gasteiger charge is -2.19. The Balaban J connectivity index is 1.64. The SMILES string of the molecule is O=C(CSC(=S)N1CCCC1)NC1CCCCCC1. The molecule has 0 atom stereocenters. The molecule has 2 rings (SSSR count). The number of carbonyl (C=O) groups is 1. The van der Waals surface area contributed by atoms with Crippen LogP contribution in [0, 0.1) is 0 Å². The summed E-state index contributed by atoms with van der Waals surface area (Å²) in [7, 11) is 0. The molecule has 1 saturated heterocycles. The molecule has 1 N–H and O–H groups in total. The Morgan fingerprint density at radius 1 is 1.11 bits per heavy atom. The van der Waals surface area contributed by atoms with E-state index in [0.29, 0.717) is 11.8 Å². The number of carbonyl (C=O) groups excluding carboxylic acids is 1. The van der Waals surface area contributed by atoms with Gasteiger partial charge in [-0.3, -0.25) is 4.79 Å². The van der Waals surface area contributed by atoms with Gasteiger partial charge in [0.2, 0.25) is 5.91 Å². The van der Waals surface area contributed by atoms with Crippen LogP contribution in [0.5, 0.6) is 0 Å². The predicted octanol–water partition coefficient (Wildman–Crippen LogP) is 2.94. The Labute approximate surface area is 125 Å². The highest BCUT2D eigenvalue weighted by Crippen LogP contribution is 2.18. The van der Waals surface area contributed by atoms with Crippen molar-refractivity contribution in [3.63, 3.8) is 0 Å². The van der Waals surface area contributed by atoms with E-state index >= 15 is 0 Å². The number of hydrogen-bond donors (Lipinski definition) is 1. The second-order valence-corrected chi connectivity index (χ2v) is 7.11. The predicted molar refractivity (Wildman–Crippen MR) is 85.5 cm³/mol. The van der Waals surface area contributed by atoms with Crippen LogP contribution in [0.3, 0.4) is 0 Å². The summed E-state index contributed by atoms with van der Waals surface area (Å²) in [5, 5.41) is 3.17. The van der Waals surface area contributed by atoms with Gasteiger partial charge in [0.15, 0.2) is 0 Å². The molecule has 0 aromatic carbocycles. The van der Waals surface area contributed by atoms with Crippen LogP contribution in [0.2, 0.25) is 0 Å². The average molecular weight is 300 g/mol. The van der Waals surface area contributed by atoms with Crippen molar-refractivity contribution >= 4 is 34.2 Å². The summed E-state index contributed by atoms with van der Waals surface area (Å²) in [5.74, 6) is 0.629. The van der Waals surface area contributed by atoms with Crippen molar-refractivity contribution in [3.8, 4) is 0 Å². The Bertz CT molecular complexity index is 309. The molecule has 108 valence electrons. The first-order valence-electron chi connectivity index (χ1n) is 7.47. The Hall–Kier alpha value is -0.290. The lowest BCUT2D eigenvalue weighted by Crippen LogP contribution is -2.36. The maximum Gasteiger partial charge on any atom is 0.230 e. The normalized spacial score (nSPS) is 21.2. The van der Waals surface area contributed by atoms with Gasteiger partial charge in [-0.05, 0) is 25.7 Å². The number of hydrogen-bond acceptors (Lipinski definition) is 3. The Morgan fingerprint density at radius 2 is 1.74 bits per heavy atom. The molecule has 0 radical (unpaired) electrons. The summed E-state index contributed by atoms with van der Waals surface area (Å²) < 4.78 is 0.897. The third kappa shape index (κ3) is 5.30.